The molecule has 2 rings (SSSR count). The zero-order valence-electron chi connectivity index (χ0n) is 16.7. The number of hydrogen-bond acceptors (Lipinski definition) is 5. The molecule has 0 radical (unpaired) electrons. The second-order valence-electron chi connectivity index (χ2n) is 6.59. The number of nitrogens with zero attached hydrogens (tertiary/aromatic N) is 3. The maximum atomic E-state index is 5.55. The molecule has 0 aliphatic rings. The highest BCUT2D eigenvalue weighted by Crippen LogP contribution is 2.14. The Hall–Kier alpha value is -1.84. The summed E-state index contributed by atoms with van der Waals surface area (Å²) >= 11 is 0. The minimum absolute atomic E-state index is 0. The van der Waals surface area contributed by atoms with Gasteiger partial charge in [0, 0.05) is 24.9 Å². The van der Waals surface area contributed by atoms with Crippen LogP contribution in [0.2, 0.25) is 0 Å². The van der Waals surface area contributed by atoms with Gasteiger partial charge in [-0.25, -0.2) is 9.98 Å². The summed E-state index contributed by atoms with van der Waals surface area (Å²) in [5.74, 6) is 2.49. The second-order valence-corrected chi connectivity index (χ2v) is 6.59. The van der Waals surface area contributed by atoms with E-state index < -0.39 is 0 Å². The molecular weight excluding hydrogens is 457 g/mol. The number of aliphatic imine (C=N–C) groups is 1. The fraction of sp³-hybridized carbons (Fsp3) is 0.526. The maximum Gasteiger partial charge on any atom is 0.213 e. The molecule has 2 heterocycles. The monoisotopic (exact) mass is 487 g/mol. The van der Waals surface area contributed by atoms with E-state index in [1.165, 1.54) is 0 Å². The molecule has 0 unspecified atom stereocenters. The Morgan fingerprint density at radius 2 is 2.00 bits per heavy atom. The van der Waals surface area contributed by atoms with E-state index in [-0.39, 0.29) is 30.1 Å². The molecule has 0 fully saturated rings. The molecule has 0 bridgehead atoms. The Morgan fingerprint density at radius 1 is 1.22 bits per heavy atom. The second kappa shape index (κ2) is 11.8. The summed E-state index contributed by atoms with van der Waals surface area (Å²) in [7, 11) is 0. The zero-order chi connectivity index (χ0) is 18.9. The van der Waals surface area contributed by atoms with E-state index in [1.807, 2.05) is 39.0 Å². The fourth-order valence-corrected chi connectivity index (χ4v) is 2.18. The molecule has 0 atom stereocenters. The Morgan fingerprint density at radius 3 is 2.56 bits per heavy atom. The topological polar surface area (TPSA) is 84.6 Å². The average molecular weight is 487 g/mol. The van der Waals surface area contributed by atoms with E-state index in [0.717, 1.165) is 29.5 Å². The Bertz CT molecular complexity index is 698. The largest absolute Gasteiger partial charge is 0.475 e. The molecule has 0 aromatic carbocycles. The van der Waals surface area contributed by atoms with Gasteiger partial charge in [-0.2, -0.15) is 0 Å². The number of nitrogens with one attached hydrogen (secondary N) is 2. The molecule has 2 aromatic heterocycles. The SMILES string of the molecule is CCNC(=NCc1ccc(OC(C)C)nc1)NCc1cc(C(C)C)no1.I. The quantitative estimate of drug-likeness (QED) is 0.334. The number of rotatable bonds is 8. The van der Waals surface area contributed by atoms with E-state index in [4.69, 9.17) is 9.26 Å². The van der Waals surface area contributed by atoms with Crippen molar-refractivity contribution >= 4 is 29.9 Å². The van der Waals surface area contributed by atoms with Crippen LogP contribution in [0.5, 0.6) is 5.88 Å². The van der Waals surface area contributed by atoms with Crippen molar-refractivity contribution in [1.82, 2.24) is 20.8 Å². The predicted octanol–water partition coefficient (Wildman–Crippen LogP) is 3.85. The lowest BCUT2D eigenvalue weighted by atomic mass is 10.1. The van der Waals surface area contributed by atoms with Gasteiger partial charge in [-0.15, -0.1) is 24.0 Å². The van der Waals surface area contributed by atoms with Crippen molar-refractivity contribution in [3.05, 3.63) is 41.4 Å². The number of halogens is 1. The Balaban J connectivity index is 0.00000364. The molecule has 2 aromatic rings. The first-order valence-corrected chi connectivity index (χ1v) is 9.07. The molecule has 2 N–H and O–H groups in total. The van der Waals surface area contributed by atoms with Crippen molar-refractivity contribution in [2.45, 2.75) is 59.7 Å². The molecule has 0 aliphatic heterocycles. The van der Waals surface area contributed by atoms with Gasteiger partial charge < -0.3 is 19.9 Å². The molecule has 0 spiro atoms. The van der Waals surface area contributed by atoms with E-state index >= 15 is 0 Å². The number of guanidine groups is 1. The van der Waals surface area contributed by atoms with Gasteiger partial charge in [0.2, 0.25) is 5.88 Å². The maximum absolute atomic E-state index is 5.55. The summed E-state index contributed by atoms with van der Waals surface area (Å²) in [5.41, 5.74) is 1.97. The van der Waals surface area contributed by atoms with E-state index in [1.54, 1.807) is 6.20 Å². The number of pyridine rings is 1. The molecule has 0 saturated heterocycles. The average Bonchev–Trinajstić information content (AvgIpc) is 3.07. The van der Waals surface area contributed by atoms with Crippen molar-refractivity contribution < 1.29 is 9.26 Å². The van der Waals surface area contributed by atoms with Crippen LogP contribution in [-0.4, -0.2) is 28.7 Å². The van der Waals surface area contributed by atoms with Gasteiger partial charge in [0.25, 0.3) is 0 Å². The van der Waals surface area contributed by atoms with Crippen molar-refractivity contribution in [2.24, 2.45) is 4.99 Å². The molecule has 0 saturated carbocycles. The lowest BCUT2D eigenvalue weighted by molar-refractivity contribution is 0.232. The van der Waals surface area contributed by atoms with Crippen molar-refractivity contribution in [2.75, 3.05) is 6.54 Å². The first-order chi connectivity index (χ1) is 12.5. The summed E-state index contributed by atoms with van der Waals surface area (Å²) in [4.78, 5) is 8.88. The number of hydrogen-bond donors (Lipinski definition) is 2. The third-order valence-corrected chi connectivity index (χ3v) is 3.52. The van der Waals surface area contributed by atoms with Gasteiger partial charge in [0.15, 0.2) is 11.7 Å². The summed E-state index contributed by atoms with van der Waals surface area (Å²) in [5, 5.41) is 10.5. The van der Waals surface area contributed by atoms with Gasteiger partial charge in [-0.05, 0) is 32.3 Å². The van der Waals surface area contributed by atoms with Gasteiger partial charge in [-0.3, -0.25) is 0 Å². The molecule has 0 aliphatic carbocycles. The van der Waals surface area contributed by atoms with Gasteiger partial charge in [-0.1, -0.05) is 25.1 Å². The predicted molar refractivity (Wildman–Crippen MR) is 118 cm³/mol. The van der Waals surface area contributed by atoms with Crippen LogP contribution < -0.4 is 15.4 Å². The Labute approximate surface area is 178 Å². The molecule has 0 amide bonds. The highest BCUT2D eigenvalue weighted by molar-refractivity contribution is 14.0. The van der Waals surface area contributed by atoms with Crippen LogP contribution >= 0.6 is 24.0 Å². The van der Waals surface area contributed by atoms with Crippen LogP contribution in [0.4, 0.5) is 0 Å². The molecule has 27 heavy (non-hydrogen) atoms. The summed E-state index contributed by atoms with van der Waals surface area (Å²) < 4.78 is 10.9. The van der Waals surface area contributed by atoms with Gasteiger partial charge in [0.05, 0.1) is 24.9 Å². The van der Waals surface area contributed by atoms with E-state index in [9.17, 15) is 0 Å². The van der Waals surface area contributed by atoms with Crippen molar-refractivity contribution in [3.8, 4) is 5.88 Å². The van der Waals surface area contributed by atoms with Crippen LogP contribution in [0, 0.1) is 0 Å². The highest BCUT2D eigenvalue weighted by Gasteiger charge is 2.08. The third kappa shape index (κ3) is 8.15. The van der Waals surface area contributed by atoms with Crippen molar-refractivity contribution in [1.29, 1.82) is 0 Å². The normalized spacial score (nSPS) is 11.4. The summed E-state index contributed by atoms with van der Waals surface area (Å²) in [6, 6.07) is 5.81. The van der Waals surface area contributed by atoms with Crippen LogP contribution in [0.25, 0.3) is 0 Å². The lowest BCUT2D eigenvalue weighted by Crippen LogP contribution is -2.36. The lowest BCUT2D eigenvalue weighted by Gasteiger charge is -2.10. The molecule has 8 heteroatoms. The number of aromatic nitrogens is 2. The molecule has 7 nitrogen and oxygen atoms in total. The van der Waals surface area contributed by atoms with E-state index in [0.29, 0.717) is 24.9 Å². The van der Waals surface area contributed by atoms with Crippen LogP contribution in [0.1, 0.15) is 57.6 Å². The first-order valence-electron chi connectivity index (χ1n) is 9.07. The van der Waals surface area contributed by atoms with E-state index in [2.05, 4.69) is 39.6 Å². The van der Waals surface area contributed by atoms with Gasteiger partial charge >= 0.3 is 0 Å². The first kappa shape index (κ1) is 23.2. The van der Waals surface area contributed by atoms with Crippen molar-refractivity contribution in [3.63, 3.8) is 0 Å². The fourth-order valence-electron chi connectivity index (χ4n) is 2.18. The van der Waals surface area contributed by atoms with Gasteiger partial charge in [0.1, 0.15) is 0 Å². The Kier molecular flexibility index (Phi) is 10.1. The standard InChI is InChI=1S/C19H29N5O2.HI/c1-6-20-19(23-12-16-9-17(13(2)3)24-26-16)22-11-15-7-8-18(21-10-15)25-14(4)5;/h7-10,13-14H,6,11-12H2,1-5H3,(H2,20,22,23);1H. The van der Waals surface area contributed by atoms with Crippen LogP contribution in [0.15, 0.2) is 33.9 Å². The highest BCUT2D eigenvalue weighted by atomic mass is 127. The zero-order valence-corrected chi connectivity index (χ0v) is 19.0. The summed E-state index contributed by atoms with van der Waals surface area (Å²) in [6.07, 6.45) is 1.90. The van der Waals surface area contributed by atoms with Crippen LogP contribution in [-0.2, 0) is 13.1 Å². The minimum Gasteiger partial charge on any atom is -0.475 e. The minimum atomic E-state index is 0. The smallest absolute Gasteiger partial charge is 0.213 e. The molecular formula is C19H30IN5O2. The third-order valence-electron chi connectivity index (χ3n) is 3.52. The summed E-state index contributed by atoms with van der Waals surface area (Å²) in [6.45, 7) is 12.0. The number of ether oxygens (including phenoxy) is 1. The molecule has 150 valence electrons. The van der Waals surface area contributed by atoms with Crippen LogP contribution in [0.3, 0.4) is 0 Å².